The van der Waals surface area contributed by atoms with Crippen LogP contribution < -0.4 is 10.1 Å². The molecule has 0 amide bonds. The first-order chi connectivity index (χ1) is 11.4. The maximum atomic E-state index is 12.1. The van der Waals surface area contributed by atoms with Crippen LogP contribution in [0.2, 0.25) is 0 Å². The van der Waals surface area contributed by atoms with Crippen LogP contribution in [-0.4, -0.2) is 12.1 Å². The third-order valence-electron chi connectivity index (χ3n) is 3.22. The van der Waals surface area contributed by atoms with Crippen LogP contribution in [-0.2, 0) is 6.42 Å². The van der Waals surface area contributed by atoms with Gasteiger partial charge in [-0.3, -0.25) is 4.79 Å². The molecule has 0 saturated heterocycles. The number of allylic oxidation sites excluding steroid dienone is 1. The quantitative estimate of drug-likeness (QED) is 0.599. The number of anilines is 1. The van der Waals surface area contributed by atoms with E-state index in [0.717, 1.165) is 12.0 Å². The Hall–Kier alpha value is -2.76. The zero-order valence-corrected chi connectivity index (χ0v) is 12.9. The molecule has 126 valence electrons. The molecular weight excluding hydrogens is 319 g/mol. The lowest BCUT2D eigenvalue weighted by molar-refractivity contribution is -0.274. The van der Waals surface area contributed by atoms with Crippen molar-refractivity contribution in [1.82, 2.24) is 0 Å². The Labute approximate surface area is 137 Å². The number of aryl methyl sites for hydroxylation is 1. The van der Waals surface area contributed by atoms with E-state index in [9.17, 15) is 18.0 Å². The number of ketones is 1. The maximum absolute atomic E-state index is 12.1. The summed E-state index contributed by atoms with van der Waals surface area (Å²) in [4.78, 5) is 12.0. The highest BCUT2D eigenvalue weighted by Gasteiger charge is 2.30. The number of rotatable bonds is 6. The predicted molar refractivity (Wildman–Crippen MR) is 86.0 cm³/mol. The van der Waals surface area contributed by atoms with Gasteiger partial charge in [0.1, 0.15) is 5.75 Å². The molecule has 0 radical (unpaired) electrons. The summed E-state index contributed by atoms with van der Waals surface area (Å²) in [7, 11) is 0. The fraction of sp³-hybridized carbons (Fsp3) is 0.167. The Morgan fingerprint density at radius 3 is 2.25 bits per heavy atom. The van der Waals surface area contributed by atoms with Crippen molar-refractivity contribution in [3.63, 3.8) is 0 Å². The molecule has 0 atom stereocenters. The first-order valence-electron chi connectivity index (χ1n) is 7.29. The molecule has 24 heavy (non-hydrogen) atoms. The maximum Gasteiger partial charge on any atom is 0.573 e. The molecule has 2 aromatic rings. The number of halogens is 3. The predicted octanol–water partition coefficient (Wildman–Crippen LogP) is 4.96. The van der Waals surface area contributed by atoms with Crippen LogP contribution in [0.5, 0.6) is 5.75 Å². The van der Waals surface area contributed by atoms with Gasteiger partial charge in [0, 0.05) is 23.5 Å². The van der Waals surface area contributed by atoms with E-state index in [2.05, 4.69) is 10.1 Å². The molecule has 0 aliphatic rings. The van der Waals surface area contributed by atoms with Gasteiger partial charge in [0.2, 0.25) is 0 Å². The average Bonchev–Trinajstić information content (AvgIpc) is 2.55. The topological polar surface area (TPSA) is 38.3 Å². The molecule has 2 aromatic carbocycles. The van der Waals surface area contributed by atoms with Crippen LogP contribution in [0.3, 0.4) is 0 Å². The monoisotopic (exact) mass is 335 g/mol. The summed E-state index contributed by atoms with van der Waals surface area (Å²) in [5, 5.41) is 2.82. The molecule has 0 fully saturated rings. The zero-order valence-electron chi connectivity index (χ0n) is 12.9. The summed E-state index contributed by atoms with van der Waals surface area (Å²) in [5.41, 5.74) is 2.25. The van der Waals surface area contributed by atoms with Gasteiger partial charge in [0.25, 0.3) is 0 Å². The summed E-state index contributed by atoms with van der Waals surface area (Å²) in [5.74, 6) is -0.466. The lowest BCUT2D eigenvalue weighted by Gasteiger charge is -2.09. The smallest absolute Gasteiger partial charge is 0.406 e. The highest BCUT2D eigenvalue weighted by molar-refractivity contribution is 6.04. The van der Waals surface area contributed by atoms with Crippen LogP contribution in [0.1, 0.15) is 22.8 Å². The highest BCUT2D eigenvalue weighted by Crippen LogP contribution is 2.23. The number of carbonyl (C=O) groups is 1. The second-order valence-electron chi connectivity index (χ2n) is 4.96. The van der Waals surface area contributed by atoms with E-state index in [-0.39, 0.29) is 11.5 Å². The highest BCUT2D eigenvalue weighted by atomic mass is 19.4. The van der Waals surface area contributed by atoms with Crippen LogP contribution in [0.4, 0.5) is 18.9 Å². The second kappa shape index (κ2) is 7.68. The molecule has 6 heteroatoms. The Bertz CT molecular complexity index is 705. The van der Waals surface area contributed by atoms with Crippen molar-refractivity contribution in [2.45, 2.75) is 19.7 Å². The number of nitrogens with one attached hydrogen (secondary N) is 1. The Morgan fingerprint density at radius 1 is 1.08 bits per heavy atom. The largest absolute Gasteiger partial charge is 0.573 e. The summed E-state index contributed by atoms with van der Waals surface area (Å²) < 4.78 is 39.9. The fourth-order valence-corrected chi connectivity index (χ4v) is 1.97. The Balaban J connectivity index is 1.92. The first-order valence-corrected chi connectivity index (χ1v) is 7.29. The van der Waals surface area contributed by atoms with Gasteiger partial charge < -0.3 is 10.1 Å². The third kappa shape index (κ3) is 5.46. The Kier molecular flexibility index (Phi) is 5.63. The van der Waals surface area contributed by atoms with Crippen molar-refractivity contribution < 1.29 is 22.7 Å². The average molecular weight is 335 g/mol. The fourth-order valence-electron chi connectivity index (χ4n) is 1.97. The third-order valence-corrected chi connectivity index (χ3v) is 3.22. The molecule has 3 nitrogen and oxygen atoms in total. The van der Waals surface area contributed by atoms with Gasteiger partial charge in [-0.15, -0.1) is 13.2 Å². The minimum Gasteiger partial charge on any atom is -0.406 e. The number of hydrogen-bond donors (Lipinski definition) is 1. The molecule has 0 unspecified atom stereocenters. The molecular formula is C18H16F3NO2. The van der Waals surface area contributed by atoms with Crippen molar-refractivity contribution in [1.29, 1.82) is 0 Å². The van der Waals surface area contributed by atoms with Gasteiger partial charge >= 0.3 is 6.36 Å². The molecule has 0 aliphatic heterocycles. The van der Waals surface area contributed by atoms with E-state index in [1.807, 2.05) is 19.1 Å². The van der Waals surface area contributed by atoms with Gasteiger partial charge in [0.15, 0.2) is 5.78 Å². The molecule has 0 aliphatic carbocycles. The zero-order chi connectivity index (χ0) is 17.6. The van der Waals surface area contributed by atoms with Gasteiger partial charge in [0.05, 0.1) is 0 Å². The number of alkyl halides is 3. The summed E-state index contributed by atoms with van der Waals surface area (Å²) in [6.07, 6.45) is -1.01. The van der Waals surface area contributed by atoms with Gasteiger partial charge in [-0.2, -0.15) is 0 Å². The van der Waals surface area contributed by atoms with E-state index in [1.165, 1.54) is 36.5 Å². The molecule has 0 spiro atoms. The van der Waals surface area contributed by atoms with Crippen molar-refractivity contribution in [2.75, 3.05) is 5.32 Å². The SMILES string of the molecule is CCc1ccc(C(=O)/C=C\Nc2ccc(OC(F)(F)F)cc2)cc1. The minimum atomic E-state index is -4.71. The van der Waals surface area contributed by atoms with Crippen molar-refractivity contribution in [2.24, 2.45) is 0 Å². The molecule has 0 saturated carbocycles. The van der Waals surface area contributed by atoms with Crippen LogP contribution in [0.15, 0.2) is 60.8 Å². The van der Waals surface area contributed by atoms with Crippen LogP contribution >= 0.6 is 0 Å². The first kappa shape index (κ1) is 17.6. The van der Waals surface area contributed by atoms with Crippen molar-refractivity contribution in [3.05, 3.63) is 71.9 Å². The van der Waals surface area contributed by atoms with Crippen LogP contribution in [0, 0.1) is 0 Å². The van der Waals surface area contributed by atoms with E-state index >= 15 is 0 Å². The van der Waals surface area contributed by atoms with Crippen LogP contribution in [0.25, 0.3) is 0 Å². The summed E-state index contributed by atoms with van der Waals surface area (Å²) in [6, 6.07) is 12.5. The van der Waals surface area contributed by atoms with Gasteiger partial charge in [-0.1, -0.05) is 31.2 Å². The lowest BCUT2D eigenvalue weighted by atomic mass is 10.1. The lowest BCUT2D eigenvalue weighted by Crippen LogP contribution is -2.16. The molecule has 2 rings (SSSR count). The minimum absolute atomic E-state index is 0.165. The molecule has 0 bridgehead atoms. The van der Waals surface area contributed by atoms with E-state index in [1.54, 1.807) is 12.1 Å². The molecule has 0 heterocycles. The van der Waals surface area contributed by atoms with E-state index in [4.69, 9.17) is 0 Å². The number of benzene rings is 2. The number of hydrogen-bond acceptors (Lipinski definition) is 3. The second-order valence-corrected chi connectivity index (χ2v) is 4.96. The number of ether oxygens (including phenoxy) is 1. The summed E-state index contributed by atoms with van der Waals surface area (Å²) in [6.45, 7) is 2.03. The normalized spacial score (nSPS) is 11.5. The number of carbonyl (C=O) groups excluding carboxylic acids is 1. The molecule has 0 aromatic heterocycles. The van der Waals surface area contributed by atoms with E-state index in [0.29, 0.717) is 11.3 Å². The standard InChI is InChI=1S/C18H16F3NO2/c1-2-13-3-5-14(6-4-13)17(23)11-12-22-15-7-9-16(10-8-15)24-18(19,20)21/h3-12,22H,2H2,1H3/b12-11-. The summed E-state index contributed by atoms with van der Waals surface area (Å²) >= 11 is 0. The van der Waals surface area contributed by atoms with Crippen molar-refractivity contribution >= 4 is 11.5 Å². The Morgan fingerprint density at radius 2 is 1.71 bits per heavy atom. The van der Waals surface area contributed by atoms with Gasteiger partial charge in [-0.25, -0.2) is 0 Å². The molecule has 1 N–H and O–H groups in total. The van der Waals surface area contributed by atoms with Crippen molar-refractivity contribution in [3.8, 4) is 5.75 Å². The van der Waals surface area contributed by atoms with E-state index < -0.39 is 6.36 Å². The van der Waals surface area contributed by atoms with Gasteiger partial charge in [-0.05, 0) is 36.2 Å².